The number of hydrogen-bond donors (Lipinski definition) is 0. The number of hydrogen-bond acceptors (Lipinski definition) is 8. The third kappa shape index (κ3) is 129. The van der Waals surface area contributed by atoms with Crippen LogP contribution in [0.3, 0.4) is 0 Å². The molecule has 0 aromatic rings. The summed E-state index contributed by atoms with van der Waals surface area (Å²) in [4.78, 5) is 0. The second-order valence-corrected chi connectivity index (χ2v) is 2.30. The fourth-order valence-corrected chi connectivity index (χ4v) is 0. The number of carboxylic acid groups (broad SMARTS) is 4. The van der Waals surface area contributed by atoms with Gasteiger partial charge in [-0.1, -0.05) is 0 Å². The Balaban J connectivity index is -0.0000000533. The van der Waals surface area contributed by atoms with Crippen molar-refractivity contribution in [3.05, 3.63) is 0 Å². The van der Waals surface area contributed by atoms with Crippen molar-refractivity contribution in [1.82, 2.24) is 0 Å². The molecule has 0 bridgehead atoms. The van der Waals surface area contributed by atoms with Gasteiger partial charge in [0.15, 0.2) is 0 Å². The van der Waals surface area contributed by atoms with Crippen LogP contribution in [0.4, 0.5) is 0 Å². The predicted molar refractivity (Wildman–Crippen MR) is 42.7 cm³/mol. The summed E-state index contributed by atoms with van der Waals surface area (Å²) >= 11 is 0. The molecule has 0 spiro atoms. The SMILES string of the molecule is CC([O-])=[O+][O-].CC([O-])=[O+][O-].CC([O-])=[O+][O-].CC([O-])=[O+][O-].[Zr+4]. The van der Waals surface area contributed by atoms with Crippen LogP contribution in [0.15, 0.2) is 0 Å². The first-order valence-electron chi connectivity index (χ1n) is 4.30. The first-order chi connectivity index (χ1) is 9.08. The Morgan fingerprint density at radius 1 is 0.476 bits per heavy atom. The van der Waals surface area contributed by atoms with E-state index < -0.39 is 23.9 Å². The van der Waals surface area contributed by atoms with Crippen LogP contribution in [0.1, 0.15) is 27.7 Å². The largest absolute Gasteiger partial charge is 4.00 e. The van der Waals surface area contributed by atoms with E-state index in [0.29, 0.717) is 0 Å². The molecule has 12 nitrogen and oxygen atoms in total. The maximum Gasteiger partial charge on any atom is 4.00 e. The molecule has 0 fully saturated rings. The Bertz CT molecular complexity index is 241. The van der Waals surface area contributed by atoms with Crippen molar-refractivity contribution in [3.8, 4) is 0 Å². The summed E-state index contributed by atoms with van der Waals surface area (Å²) in [6.45, 7) is 4.19. The molecule has 21 heavy (non-hydrogen) atoms. The summed E-state index contributed by atoms with van der Waals surface area (Å²) in [6.07, 6.45) is 0. The molecule has 0 radical (unpaired) electrons. The predicted octanol–water partition coefficient (Wildman–Crippen LogP) is -9.73. The molecule has 0 heterocycles. The first-order valence-corrected chi connectivity index (χ1v) is 4.30. The van der Waals surface area contributed by atoms with E-state index in [0.717, 1.165) is 27.7 Å². The second-order valence-electron chi connectivity index (χ2n) is 2.30. The normalized spacial score (nSPS) is 11.2. The quantitative estimate of drug-likeness (QED) is 0.218. The maximum atomic E-state index is 9.28. The van der Waals surface area contributed by atoms with Gasteiger partial charge >= 0.3 is 50.1 Å². The summed E-state index contributed by atoms with van der Waals surface area (Å²) < 4.78 is 11.4. The Kier molecular flexibility index (Phi) is 39.6. The molecular weight excluding hydrogens is 379 g/mol. The zero-order valence-electron chi connectivity index (χ0n) is 11.4. The molecule has 0 N–H and O–H groups in total. The van der Waals surface area contributed by atoms with Crippen molar-refractivity contribution in [2.75, 3.05) is 0 Å². The van der Waals surface area contributed by atoms with Gasteiger partial charge in [0.25, 0.3) is 0 Å². The molecule has 0 aromatic heterocycles. The van der Waals surface area contributed by atoms with Crippen LogP contribution in [0.25, 0.3) is 0 Å². The van der Waals surface area contributed by atoms with Gasteiger partial charge in [0, 0.05) is 27.7 Å². The van der Waals surface area contributed by atoms with E-state index in [1.54, 1.807) is 0 Å². The zero-order valence-corrected chi connectivity index (χ0v) is 13.9. The van der Waals surface area contributed by atoms with Crippen molar-refractivity contribution < 1.29 is 86.0 Å². The van der Waals surface area contributed by atoms with Crippen molar-refractivity contribution >= 4 is 23.9 Å². The van der Waals surface area contributed by atoms with Gasteiger partial charge in [0.1, 0.15) is 0 Å². The Hall–Kier alpha value is -2.04. The summed E-state index contributed by atoms with van der Waals surface area (Å²) in [7, 11) is 0. The number of carboxylic acids is 4. The van der Waals surface area contributed by atoms with E-state index in [1.807, 2.05) is 0 Å². The van der Waals surface area contributed by atoms with Crippen LogP contribution in [0.2, 0.25) is 0 Å². The van der Waals surface area contributed by atoms with Crippen LogP contribution in [0, 0.1) is 0 Å². The molecule has 0 aromatic carbocycles. The minimum absolute atomic E-state index is 0. The zero-order chi connectivity index (χ0) is 17.1. The minimum atomic E-state index is -0.801. The van der Waals surface area contributed by atoms with Crippen LogP contribution >= 0.6 is 0 Å². The summed E-state index contributed by atoms with van der Waals surface area (Å²) in [5.41, 5.74) is 0. The van der Waals surface area contributed by atoms with Crippen LogP contribution < -0.4 is 41.5 Å². The van der Waals surface area contributed by atoms with Crippen molar-refractivity contribution in [2.24, 2.45) is 0 Å². The number of rotatable bonds is 0. The van der Waals surface area contributed by atoms with Gasteiger partial charge in [-0.3, -0.25) is 20.4 Å². The van der Waals surface area contributed by atoms with Gasteiger partial charge in [-0.15, -0.1) is 0 Å². The monoisotopic (exact) mass is 390 g/mol. The van der Waals surface area contributed by atoms with Gasteiger partial charge in [-0.2, -0.15) is 0 Å². The summed E-state index contributed by atoms with van der Waals surface area (Å²) in [5, 5.41) is 72.2. The average Bonchev–Trinajstić information content (AvgIpc) is 2.40. The van der Waals surface area contributed by atoms with Gasteiger partial charge in [0.2, 0.25) is 0 Å². The topological polar surface area (TPSA) is 230 Å². The minimum Gasteiger partial charge on any atom is -0.719 e. The van der Waals surface area contributed by atoms with E-state index in [4.69, 9.17) is 21.0 Å². The standard InChI is InChI=1S/4C2H4O3.Zr/c4*1-2(3)5-4;/h4*3H,1H3;/q;;;;+4/p-4. The molecule has 13 heteroatoms. The smallest absolute Gasteiger partial charge is 0.719 e. The Labute approximate surface area is 138 Å². The van der Waals surface area contributed by atoms with Gasteiger partial charge in [-0.25, -0.2) is 0 Å². The fourth-order valence-electron chi connectivity index (χ4n) is 0. The maximum absolute atomic E-state index is 9.28. The molecular formula is C8H12O12Zr. The van der Waals surface area contributed by atoms with Gasteiger partial charge < -0.3 is 39.3 Å². The van der Waals surface area contributed by atoms with E-state index in [2.05, 4.69) is 18.3 Å². The molecule has 0 atom stereocenters. The van der Waals surface area contributed by atoms with Crippen molar-refractivity contribution in [1.29, 1.82) is 0 Å². The Morgan fingerprint density at radius 2 is 0.524 bits per heavy atom. The van der Waals surface area contributed by atoms with Crippen LogP contribution in [0.5, 0.6) is 0 Å². The number of aliphatic carboxylic acids is 4. The van der Waals surface area contributed by atoms with Crippen molar-refractivity contribution in [2.45, 2.75) is 27.7 Å². The molecule has 0 rings (SSSR count). The summed E-state index contributed by atoms with van der Waals surface area (Å²) in [5.74, 6) is -3.20. The molecule has 0 aliphatic carbocycles. The van der Waals surface area contributed by atoms with Crippen LogP contribution in [-0.2, 0) is 44.5 Å². The second kappa shape index (κ2) is 26.5. The molecule has 0 aliphatic heterocycles. The third-order valence-corrected chi connectivity index (χ3v) is 0.469. The van der Waals surface area contributed by atoms with E-state index in [9.17, 15) is 20.4 Å². The van der Waals surface area contributed by atoms with Crippen LogP contribution in [-0.4, -0.2) is 23.9 Å². The van der Waals surface area contributed by atoms with E-state index in [-0.39, 0.29) is 26.2 Å². The van der Waals surface area contributed by atoms with Gasteiger partial charge in [0.05, 0.1) is 0 Å². The molecule has 0 saturated heterocycles. The molecule has 0 amide bonds. The average molecular weight is 391 g/mol. The van der Waals surface area contributed by atoms with E-state index in [1.165, 1.54) is 0 Å². The Morgan fingerprint density at radius 3 is 0.524 bits per heavy atom. The fraction of sp³-hybridized carbons (Fsp3) is 0.500. The first kappa shape index (κ1) is 31.4. The molecule has 0 aliphatic rings. The van der Waals surface area contributed by atoms with Gasteiger partial charge in [-0.05, 0) is 0 Å². The molecule has 0 unspecified atom stereocenters. The molecule has 120 valence electrons. The van der Waals surface area contributed by atoms with E-state index >= 15 is 0 Å². The van der Waals surface area contributed by atoms with Crippen molar-refractivity contribution in [3.63, 3.8) is 0 Å². The molecule has 0 saturated carbocycles. The number of carbonyl (C=O) groups excluding carboxylic acids is 4. The summed E-state index contributed by atoms with van der Waals surface area (Å²) in [6, 6.07) is 0. The third-order valence-electron chi connectivity index (χ3n) is 0.469.